The zero-order valence-electron chi connectivity index (χ0n) is 6.05. The van der Waals surface area contributed by atoms with Gasteiger partial charge in [-0.05, 0) is 12.1 Å². The molecule has 1 rings (SSSR count). The molecular weight excluding hydrogens is 177 g/mol. The van der Waals surface area contributed by atoms with Crippen LogP contribution in [-0.4, -0.2) is 7.48 Å². The Balaban J connectivity index is 2.80. The van der Waals surface area contributed by atoms with Gasteiger partial charge in [0, 0.05) is 11.1 Å². The average molecular weight is 181 g/mol. The van der Waals surface area contributed by atoms with E-state index in [1.54, 1.807) is 0 Å². The van der Waals surface area contributed by atoms with Gasteiger partial charge in [-0.25, -0.2) is 4.39 Å². The maximum atomic E-state index is 12.6. The van der Waals surface area contributed by atoms with E-state index in [9.17, 15) is 4.39 Å². The summed E-state index contributed by atoms with van der Waals surface area (Å²) in [5.74, 6) is 1.98. The molecule has 0 amide bonds. The molecule has 1 radical (unpaired) electrons. The lowest BCUT2D eigenvalue weighted by Gasteiger charge is -2.01. The molecule has 0 heterocycles. The Morgan fingerprint density at radius 3 is 2.83 bits per heavy atom. The van der Waals surface area contributed by atoms with Gasteiger partial charge >= 0.3 is 7.48 Å². The lowest BCUT2D eigenvalue weighted by molar-refractivity contribution is 0.580. The second-order valence-electron chi connectivity index (χ2n) is 2.01. The molecule has 4 heteroatoms. The molecule has 0 spiro atoms. The van der Waals surface area contributed by atoms with Crippen LogP contribution in [0.25, 0.3) is 0 Å². The molecule has 1 aromatic rings. The van der Waals surface area contributed by atoms with Crippen LogP contribution in [0.15, 0.2) is 18.2 Å². The summed E-state index contributed by atoms with van der Waals surface area (Å²) in [7, 11) is 1.12. The second kappa shape index (κ2) is 4.03. The van der Waals surface area contributed by atoms with Crippen LogP contribution in [-0.2, 0) is 0 Å². The van der Waals surface area contributed by atoms with E-state index in [-0.39, 0.29) is 10.8 Å². The standard InChI is InChI=1S/C8H4BClFO/c1-2-9-12-8-4-6(10)3-7(11)5-8/h1,3-5H. The molecule has 0 saturated carbocycles. The molecule has 12 heavy (non-hydrogen) atoms. The van der Waals surface area contributed by atoms with Crippen LogP contribution < -0.4 is 4.65 Å². The minimum atomic E-state index is -0.456. The van der Waals surface area contributed by atoms with Gasteiger partial charge in [-0.1, -0.05) is 11.6 Å². The number of hydrogen-bond donors (Lipinski definition) is 0. The summed E-state index contributed by atoms with van der Waals surface area (Å²) in [5.41, 5.74) is 0. The van der Waals surface area contributed by atoms with Gasteiger partial charge in [-0.3, -0.25) is 0 Å². The fraction of sp³-hybridized carbons (Fsp3) is 0. The van der Waals surface area contributed by atoms with E-state index < -0.39 is 5.82 Å². The van der Waals surface area contributed by atoms with Crippen molar-refractivity contribution in [2.75, 3.05) is 0 Å². The van der Waals surface area contributed by atoms with Crippen LogP contribution in [0.4, 0.5) is 4.39 Å². The highest BCUT2D eigenvalue weighted by Gasteiger charge is 1.99. The van der Waals surface area contributed by atoms with Crippen molar-refractivity contribution in [3.8, 4) is 18.0 Å². The molecule has 0 unspecified atom stereocenters. The maximum Gasteiger partial charge on any atom is 0.471 e. The molecule has 59 valence electrons. The summed E-state index contributed by atoms with van der Waals surface area (Å²) in [4.78, 5) is 0. The quantitative estimate of drug-likeness (QED) is 0.501. The molecule has 0 atom stereocenters. The molecule has 1 nitrogen and oxygen atoms in total. The van der Waals surface area contributed by atoms with Crippen molar-refractivity contribution in [3.05, 3.63) is 29.0 Å². The molecule has 0 fully saturated rings. The zero-order valence-corrected chi connectivity index (χ0v) is 6.81. The van der Waals surface area contributed by atoms with Gasteiger partial charge in [0.25, 0.3) is 0 Å². The van der Waals surface area contributed by atoms with Crippen LogP contribution in [0.2, 0.25) is 5.02 Å². The average Bonchev–Trinajstić information content (AvgIpc) is 1.99. The third-order valence-electron chi connectivity index (χ3n) is 1.10. The minimum Gasteiger partial charge on any atom is -0.551 e. The van der Waals surface area contributed by atoms with Crippen LogP contribution in [0.3, 0.4) is 0 Å². The van der Waals surface area contributed by atoms with Crippen molar-refractivity contribution in [2.24, 2.45) is 0 Å². The largest absolute Gasteiger partial charge is 0.551 e. The first-order valence-electron chi connectivity index (χ1n) is 3.13. The normalized spacial score (nSPS) is 8.75. The van der Waals surface area contributed by atoms with Gasteiger partial charge in [-0.2, -0.15) is 0 Å². The molecule has 0 aliphatic heterocycles. The Bertz CT molecular complexity index is 301. The molecule has 0 bridgehead atoms. The Labute approximate surface area is 75.8 Å². The van der Waals surface area contributed by atoms with Crippen molar-refractivity contribution in [3.63, 3.8) is 0 Å². The maximum absolute atomic E-state index is 12.6. The zero-order chi connectivity index (χ0) is 8.97. The van der Waals surface area contributed by atoms with Crippen LogP contribution in [0, 0.1) is 18.1 Å². The Hall–Kier alpha value is -1.14. The smallest absolute Gasteiger partial charge is 0.471 e. The van der Waals surface area contributed by atoms with Gasteiger partial charge in [0.1, 0.15) is 11.6 Å². The number of benzene rings is 1. The monoisotopic (exact) mass is 181 g/mol. The summed E-state index contributed by atoms with van der Waals surface area (Å²) < 4.78 is 17.5. The Morgan fingerprint density at radius 1 is 1.50 bits per heavy atom. The van der Waals surface area contributed by atoms with Crippen LogP contribution >= 0.6 is 11.6 Å². The van der Waals surface area contributed by atoms with E-state index in [2.05, 4.69) is 5.82 Å². The predicted molar refractivity (Wildman–Crippen MR) is 46.6 cm³/mol. The van der Waals surface area contributed by atoms with Crippen molar-refractivity contribution in [2.45, 2.75) is 0 Å². The molecule has 0 saturated heterocycles. The topological polar surface area (TPSA) is 9.23 Å². The first kappa shape index (κ1) is 8.96. The highest BCUT2D eigenvalue weighted by atomic mass is 35.5. The summed E-state index contributed by atoms with van der Waals surface area (Å²) in [6, 6.07) is 3.85. The van der Waals surface area contributed by atoms with Gasteiger partial charge < -0.3 is 4.65 Å². The second-order valence-corrected chi connectivity index (χ2v) is 2.44. The van der Waals surface area contributed by atoms with E-state index >= 15 is 0 Å². The highest BCUT2D eigenvalue weighted by molar-refractivity contribution is 6.39. The Kier molecular flexibility index (Phi) is 3.01. The van der Waals surface area contributed by atoms with E-state index in [0.29, 0.717) is 0 Å². The number of rotatable bonds is 2. The van der Waals surface area contributed by atoms with Gasteiger partial charge in [0.15, 0.2) is 0 Å². The third-order valence-corrected chi connectivity index (χ3v) is 1.32. The first-order chi connectivity index (χ1) is 5.72. The fourth-order valence-electron chi connectivity index (χ4n) is 0.699. The molecule has 0 aromatic heterocycles. The van der Waals surface area contributed by atoms with Gasteiger partial charge in [-0.15, -0.1) is 12.2 Å². The van der Waals surface area contributed by atoms with Gasteiger partial charge in [0.2, 0.25) is 0 Å². The van der Waals surface area contributed by atoms with Crippen LogP contribution in [0.1, 0.15) is 0 Å². The number of terminal acetylenes is 1. The lowest BCUT2D eigenvalue weighted by atomic mass is 10.1. The van der Waals surface area contributed by atoms with Crippen molar-refractivity contribution < 1.29 is 9.04 Å². The van der Waals surface area contributed by atoms with E-state index in [1.165, 1.54) is 18.2 Å². The summed E-state index contributed by atoms with van der Waals surface area (Å²) in [6.45, 7) is 0. The van der Waals surface area contributed by atoms with Crippen molar-refractivity contribution in [1.82, 2.24) is 0 Å². The third kappa shape index (κ3) is 2.48. The van der Waals surface area contributed by atoms with Crippen LogP contribution in [0.5, 0.6) is 5.75 Å². The lowest BCUT2D eigenvalue weighted by Crippen LogP contribution is -1.98. The van der Waals surface area contributed by atoms with E-state index in [1.807, 2.05) is 0 Å². The summed E-state index contributed by atoms with van der Waals surface area (Å²) >= 11 is 5.54. The molecular formula is C8H4BClFO. The first-order valence-corrected chi connectivity index (χ1v) is 3.51. The number of hydrogen-bond acceptors (Lipinski definition) is 1. The van der Waals surface area contributed by atoms with Crippen molar-refractivity contribution >= 4 is 19.1 Å². The summed E-state index contributed by atoms with van der Waals surface area (Å²) in [6.07, 6.45) is 4.90. The molecule has 1 aromatic carbocycles. The molecule has 0 N–H and O–H groups in total. The van der Waals surface area contributed by atoms with Gasteiger partial charge in [0.05, 0.1) is 0 Å². The molecule has 0 aliphatic carbocycles. The number of halogens is 2. The van der Waals surface area contributed by atoms with E-state index in [0.717, 1.165) is 7.48 Å². The molecule has 0 aliphatic rings. The highest BCUT2D eigenvalue weighted by Crippen LogP contribution is 2.19. The van der Waals surface area contributed by atoms with E-state index in [4.69, 9.17) is 22.7 Å². The summed E-state index contributed by atoms with van der Waals surface area (Å²) in [5, 5.41) is 0.274. The SMILES string of the molecule is C#C[B]Oc1cc(F)cc(Cl)c1. The van der Waals surface area contributed by atoms with Crippen molar-refractivity contribution in [1.29, 1.82) is 0 Å². The fourth-order valence-corrected chi connectivity index (χ4v) is 0.910. The minimum absolute atomic E-state index is 0.274. The Morgan fingerprint density at radius 2 is 2.25 bits per heavy atom. The predicted octanol–water partition coefficient (Wildman–Crippen LogP) is 2.07.